The molecule has 19 heavy (non-hydrogen) atoms. The minimum absolute atomic E-state index is 0.251. The molecule has 0 radical (unpaired) electrons. The average Bonchev–Trinajstić information content (AvgIpc) is 2.81. The maximum Gasteiger partial charge on any atom is 0.338 e. The monoisotopic (exact) mass is 341 g/mol. The second-order valence-electron chi connectivity index (χ2n) is 3.74. The number of nitrogen functional groups attached to an aromatic ring is 1. The molecule has 0 atom stereocenters. The smallest absolute Gasteiger partial charge is 0.338 e. The topological polar surface area (TPSA) is 61.5 Å². The van der Waals surface area contributed by atoms with E-state index in [1.54, 1.807) is 18.2 Å². The molecule has 0 saturated carbocycles. The van der Waals surface area contributed by atoms with Crippen molar-refractivity contribution in [3.05, 3.63) is 44.6 Å². The SMILES string of the molecule is COc1ccc(C(=O)OCc2ccc(Br)s2)cc1N. The van der Waals surface area contributed by atoms with Gasteiger partial charge in [-0.1, -0.05) is 0 Å². The Bertz CT molecular complexity index is 597. The number of carbonyl (C=O) groups excluding carboxylic acids is 1. The van der Waals surface area contributed by atoms with Gasteiger partial charge in [-0.25, -0.2) is 4.79 Å². The van der Waals surface area contributed by atoms with E-state index in [4.69, 9.17) is 15.2 Å². The summed E-state index contributed by atoms with van der Waals surface area (Å²) < 4.78 is 11.2. The van der Waals surface area contributed by atoms with E-state index in [9.17, 15) is 4.79 Å². The Labute approximate surface area is 123 Å². The molecule has 2 N–H and O–H groups in total. The van der Waals surface area contributed by atoms with Gasteiger partial charge in [-0.2, -0.15) is 0 Å². The second-order valence-corrected chi connectivity index (χ2v) is 6.29. The predicted octanol–water partition coefficient (Wildman–Crippen LogP) is 3.46. The molecule has 0 aliphatic heterocycles. The van der Waals surface area contributed by atoms with E-state index >= 15 is 0 Å². The lowest BCUT2D eigenvalue weighted by molar-refractivity contribution is 0.0477. The molecule has 1 aromatic heterocycles. The van der Waals surface area contributed by atoms with Gasteiger partial charge in [-0.3, -0.25) is 0 Å². The molecule has 100 valence electrons. The minimum atomic E-state index is -0.404. The lowest BCUT2D eigenvalue weighted by atomic mass is 10.2. The van der Waals surface area contributed by atoms with Crippen molar-refractivity contribution in [2.24, 2.45) is 0 Å². The van der Waals surface area contributed by atoms with Crippen LogP contribution in [0.4, 0.5) is 5.69 Å². The molecule has 0 amide bonds. The van der Waals surface area contributed by atoms with Gasteiger partial charge in [0.25, 0.3) is 0 Å². The first-order chi connectivity index (χ1) is 9.10. The number of benzene rings is 1. The van der Waals surface area contributed by atoms with Crippen LogP contribution in [0.5, 0.6) is 5.75 Å². The van der Waals surface area contributed by atoms with Crippen LogP contribution in [0, 0.1) is 0 Å². The highest BCUT2D eigenvalue weighted by atomic mass is 79.9. The van der Waals surface area contributed by atoms with Crippen LogP contribution < -0.4 is 10.5 Å². The number of hydrogen-bond acceptors (Lipinski definition) is 5. The molecule has 4 nitrogen and oxygen atoms in total. The van der Waals surface area contributed by atoms with Crippen LogP contribution in [-0.2, 0) is 11.3 Å². The van der Waals surface area contributed by atoms with Gasteiger partial charge in [-0.05, 0) is 46.3 Å². The Morgan fingerprint density at radius 2 is 2.16 bits per heavy atom. The molecule has 1 heterocycles. The van der Waals surface area contributed by atoms with Gasteiger partial charge in [0, 0.05) is 4.88 Å². The normalized spacial score (nSPS) is 10.2. The highest BCUT2D eigenvalue weighted by Crippen LogP contribution is 2.24. The third-order valence-corrected chi connectivity index (χ3v) is 4.04. The predicted molar refractivity (Wildman–Crippen MR) is 78.5 cm³/mol. The Hall–Kier alpha value is -1.53. The quantitative estimate of drug-likeness (QED) is 0.683. The molecule has 1 aromatic carbocycles. The van der Waals surface area contributed by atoms with E-state index in [1.165, 1.54) is 18.4 Å². The number of carbonyl (C=O) groups is 1. The summed E-state index contributed by atoms with van der Waals surface area (Å²) in [5.41, 5.74) is 6.57. The summed E-state index contributed by atoms with van der Waals surface area (Å²) in [6, 6.07) is 8.64. The first-order valence-electron chi connectivity index (χ1n) is 5.45. The average molecular weight is 342 g/mol. The molecule has 6 heteroatoms. The van der Waals surface area contributed by atoms with Crippen LogP contribution in [0.25, 0.3) is 0 Å². The molecule has 2 rings (SSSR count). The zero-order valence-electron chi connectivity index (χ0n) is 10.2. The first kappa shape index (κ1) is 13.9. The first-order valence-corrected chi connectivity index (χ1v) is 7.06. The van der Waals surface area contributed by atoms with Crippen molar-refractivity contribution >= 4 is 38.9 Å². The summed E-state index contributed by atoms with van der Waals surface area (Å²) in [6.45, 7) is 0.251. The Kier molecular flexibility index (Phi) is 4.44. The molecule has 0 unspecified atom stereocenters. The van der Waals surface area contributed by atoms with E-state index in [0.29, 0.717) is 17.0 Å². The maximum atomic E-state index is 11.9. The fourth-order valence-corrected chi connectivity index (χ4v) is 2.91. The summed E-state index contributed by atoms with van der Waals surface area (Å²) in [6.07, 6.45) is 0. The van der Waals surface area contributed by atoms with Gasteiger partial charge < -0.3 is 15.2 Å². The summed E-state index contributed by atoms with van der Waals surface area (Å²) >= 11 is 4.89. The molecule has 0 bridgehead atoms. The molecule has 2 aromatic rings. The maximum absolute atomic E-state index is 11.9. The summed E-state index contributed by atoms with van der Waals surface area (Å²) in [5.74, 6) is 0.137. The zero-order chi connectivity index (χ0) is 13.8. The molecular weight excluding hydrogens is 330 g/mol. The Morgan fingerprint density at radius 1 is 1.37 bits per heavy atom. The Morgan fingerprint density at radius 3 is 2.74 bits per heavy atom. The van der Waals surface area contributed by atoms with E-state index < -0.39 is 5.97 Å². The third-order valence-electron chi connectivity index (χ3n) is 2.44. The molecule has 0 aliphatic rings. The van der Waals surface area contributed by atoms with Gasteiger partial charge in [0.2, 0.25) is 0 Å². The highest BCUT2D eigenvalue weighted by molar-refractivity contribution is 9.11. The number of methoxy groups -OCH3 is 1. The number of halogens is 1. The summed E-state index contributed by atoms with van der Waals surface area (Å²) in [5, 5.41) is 0. The van der Waals surface area contributed by atoms with Gasteiger partial charge in [-0.15, -0.1) is 11.3 Å². The van der Waals surface area contributed by atoms with E-state index in [2.05, 4.69) is 15.9 Å². The number of thiophene rings is 1. The summed E-state index contributed by atoms with van der Waals surface area (Å²) in [7, 11) is 1.53. The van der Waals surface area contributed by atoms with Crippen LogP contribution in [-0.4, -0.2) is 13.1 Å². The van der Waals surface area contributed by atoms with Crippen LogP contribution in [0.15, 0.2) is 34.1 Å². The molecule has 0 aliphatic carbocycles. The van der Waals surface area contributed by atoms with Gasteiger partial charge >= 0.3 is 5.97 Å². The number of nitrogens with two attached hydrogens (primary N) is 1. The fourth-order valence-electron chi connectivity index (χ4n) is 1.51. The number of anilines is 1. The largest absolute Gasteiger partial charge is 0.495 e. The summed E-state index contributed by atoms with van der Waals surface area (Å²) in [4.78, 5) is 12.8. The van der Waals surface area contributed by atoms with Crippen molar-refractivity contribution in [1.29, 1.82) is 0 Å². The van der Waals surface area contributed by atoms with Crippen molar-refractivity contribution < 1.29 is 14.3 Å². The van der Waals surface area contributed by atoms with Crippen LogP contribution >= 0.6 is 27.3 Å². The fraction of sp³-hybridized carbons (Fsp3) is 0.154. The molecule has 0 spiro atoms. The van der Waals surface area contributed by atoms with Crippen molar-refractivity contribution in [3.63, 3.8) is 0 Å². The van der Waals surface area contributed by atoms with E-state index in [1.807, 2.05) is 12.1 Å². The van der Waals surface area contributed by atoms with Gasteiger partial charge in [0.05, 0.1) is 22.1 Å². The zero-order valence-corrected chi connectivity index (χ0v) is 12.6. The van der Waals surface area contributed by atoms with Crippen molar-refractivity contribution in [1.82, 2.24) is 0 Å². The van der Waals surface area contributed by atoms with Gasteiger partial charge in [0.15, 0.2) is 0 Å². The molecule has 0 saturated heterocycles. The third kappa shape index (κ3) is 3.48. The standard InChI is InChI=1S/C13H12BrNO3S/c1-17-11-4-2-8(6-10(11)15)13(16)18-7-9-3-5-12(14)19-9/h2-6H,7,15H2,1H3. The number of ether oxygens (including phenoxy) is 2. The number of esters is 1. The van der Waals surface area contributed by atoms with Crippen molar-refractivity contribution in [2.75, 3.05) is 12.8 Å². The second kappa shape index (κ2) is 6.08. The number of rotatable bonds is 4. The van der Waals surface area contributed by atoms with Crippen LogP contribution in [0.3, 0.4) is 0 Å². The van der Waals surface area contributed by atoms with Crippen molar-refractivity contribution in [2.45, 2.75) is 6.61 Å². The lowest BCUT2D eigenvalue weighted by Crippen LogP contribution is -2.05. The number of hydrogen-bond donors (Lipinski definition) is 1. The van der Waals surface area contributed by atoms with Crippen molar-refractivity contribution in [3.8, 4) is 5.75 Å². The van der Waals surface area contributed by atoms with Crippen LogP contribution in [0.2, 0.25) is 0 Å². The van der Waals surface area contributed by atoms with E-state index in [0.717, 1.165) is 8.66 Å². The lowest BCUT2D eigenvalue weighted by Gasteiger charge is -2.07. The molecule has 0 fully saturated rings. The minimum Gasteiger partial charge on any atom is -0.495 e. The molecular formula is C13H12BrNO3S. The van der Waals surface area contributed by atoms with Gasteiger partial charge in [0.1, 0.15) is 12.4 Å². The highest BCUT2D eigenvalue weighted by Gasteiger charge is 2.10. The Balaban J connectivity index is 2.01. The van der Waals surface area contributed by atoms with E-state index in [-0.39, 0.29) is 6.61 Å². The van der Waals surface area contributed by atoms with Crippen LogP contribution in [0.1, 0.15) is 15.2 Å².